The van der Waals surface area contributed by atoms with Gasteiger partial charge < -0.3 is 0 Å². The van der Waals surface area contributed by atoms with Crippen LogP contribution >= 0.6 is 11.6 Å². The van der Waals surface area contributed by atoms with Gasteiger partial charge in [-0.1, -0.05) is 11.6 Å². The van der Waals surface area contributed by atoms with Crippen molar-refractivity contribution in [1.82, 2.24) is 38.7 Å². The second-order valence-electron chi connectivity index (χ2n) is 8.11. The highest BCUT2D eigenvalue weighted by Crippen LogP contribution is 2.17. The summed E-state index contributed by atoms with van der Waals surface area (Å²) in [5, 5.41) is 9.72. The molecule has 0 N–H and O–H groups in total. The molecule has 0 bridgehead atoms. The Hall–Kier alpha value is -3.79. The van der Waals surface area contributed by atoms with Gasteiger partial charge in [-0.3, -0.25) is 28.1 Å². The highest BCUT2D eigenvalue weighted by atomic mass is 35.5. The highest BCUT2D eigenvalue weighted by molar-refractivity contribution is 6.30. The van der Waals surface area contributed by atoms with E-state index in [0.29, 0.717) is 39.9 Å². The van der Waals surface area contributed by atoms with E-state index in [9.17, 15) is 9.59 Å². The van der Waals surface area contributed by atoms with Crippen LogP contribution in [0.4, 0.5) is 0 Å². The van der Waals surface area contributed by atoms with Crippen LogP contribution in [0.5, 0.6) is 0 Å². The van der Waals surface area contributed by atoms with Gasteiger partial charge >= 0.3 is 0 Å². The molecule has 0 aliphatic carbocycles. The minimum Gasteiger partial charge on any atom is -0.294 e. The third-order valence-electron chi connectivity index (χ3n) is 5.70. The molecule has 0 radical (unpaired) electrons. The fourth-order valence-corrected chi connectivity index (χ4v) is 4.11. The average molecular weight is 465 g/mol. The average Bonchev–Trinajstić information content (AvgIpc) is 3.45. The standard InChI is InChI=1S/C22H21ClN8O2/c1-14(9-28-5-3-4-26-28)30-12-24-19-7-18-20(6-17(19)21(30)32)25-13-31(22(18)33)15(2)10-29-11-16(23)8-27-29/h3-8,11-15H,9-10H2,1-2H3. The van der Waals surface area contributed by atoms with Gasteiger partial charge in [0.25, 0.3) is 11.1 Å². The molecule has 0 aliphatic rings. The van der Waals surface area contributed by atoms with Gasteiger partial charge in [-0.25, -0.2) is 9.97 Å². The quantitative estimate of drug-likeness (QED) is 0.358. The number of rotatable bonds is 6. The highest BCUT2D eigenvalue weighted by Gasteiger charge is 2.16. The summed E-state index contributed by atoms with van der Waals surface area (Å²) in [7, 11) is 0. The zero-order chi connectivity index (χ0) is 23.1. The topological polar surface area (TPSA) is 105 Å². The van der Waals surface area contributed by atoms with Crippen molar-refractivity contribution in [3.63, 3.8) is 0 Å². The summed E-state index contributed by atoms with van der Waals surface area (Å²) in [5.41, 5.74) is 0.523. The van der Waals surface area contributed by atoms with Gasteiger partial charge in [0.1, 0.15) is 0 Å². The molecule has 33 heavy (non-hydrogen) atoms. The number of aromatic nitrogens is 8. The first kappa shape index (κ1) is 21.1. The van der Waals surface area contributed by atoms with E-state index in [2.05, 4.69) is 20.2 Å². The maximum Gasteiger partial charge on any atom is 0.261 e. The summed E-state index contributed by atoms with van der Waals surface area (Å²) < 4.78 is 6.58. The Morgan fingerprint density at radius 1 is 0.879 bits per heavy atom. The number of benzene rings is 1. The van der Waals surface area contributed by atoms with E-state index in [-0.39, 0.29) is 23.2 Å². The number of halogens is 1. The Bertz CT molecular complexity index is 1570. The van der Waals surface area contributed by atoms with E-state index in [0.717, 1.165) is 0 Å². The number of hydrogen-bond donors (Lipinski definition) is 0. The van der Waals surface area contributed by atoms with Crippen LogP contribution in [0.25, 0.3) is 21.8 Å². The van der Waals surface area contributed by atoms with Gasteiger partial charge in [0.2, 0.25) is 0 Å². The van der Waals surface area contributed by atoms with Crippen molar-refractivity contribution in [2.24, 2.45) is 0 Å². The summed E-state index contributed by atoms with van der Waals surface area (Å²) in [6.07, 6.45) is 9.82. The maximum atomic E-state index is 13.2. The van der Waals surface area contributed by atoms with Crippen molar-refractivity contribution >= 4 is 33.4 Å². The molecule has 0 spiro atoms. The van der Waals surface area contributed by atoms with Gasteiger partial charge in [-0.15, -0.1) is 0 Å². The zero-order valence-corrected chi connectivity index (χ0v) is 18.8. The van der Waals surface area contributed by atoms with Crippen LogP contribution in [0.3, 0.4) is 0 Å². The van der Waals surface area contributed by atoms with Gasteiger partial charge in [-0.05, 0) is 32.0 Å². The minimum absolute atomic E-state index is 0.150. The molecule has 4 aromatic heterocycles. The normalized spacial score (nSPS) is 13.5. The van der Waals surface area contributed by atoms with Gasteiger partial charge in [0.05, 0.1) is 70.9 Å². The van der Waals surface area contributed by atoms with Crippen LogP contribution in [0.1, 0.15) is 25.9 Å². The molecule has 0 fully saturated rings. The smallest absolute Gasteiger partial charge is 0.261 e. The lowest BCUT2D eigenvalue weighted by Crippen LogP contribution is -2.28. The summed E-state index contributed by atoms with van der Waals surface area (Å²) in [6, 6.07) is 4.76. The molecule has 4 heterocycles. The third kappa shape index (κ3) is 3.93. The van der Waals surface area contributed by atoms with E-state index >= 15 is 0 Å². The molecule has 0 saturated heterocycles. The molecule has 2 unspecified atom stereocenters. The van der Waals surface area contributed by atoms with Gasteiger partial charge in [0, 0.05) is 18.6 Å². The zero-order valence-electron chi connectivity index (χ0n) is 18.0. The first-order valence-electron chi connectivity index (χ1n) is 10.5. The fraction of sp³-hybridized carbons (Fsp3) is 0.273. The Morgan fingerprint density at radius 3 is 1.94 bits per heavy atom. The molecule has 5 aromatic rings. The summed E-state index contributed by atoms with van der Waals surface area (Å²) in [4.78, 5) is 35.3. The molecule has 168 valence electrons. The Labute approximate surface area is 192 Å². The molecule has 0 amide bonds. The summed E-state index contributed by atoms with van der Waals surface area (Å²) in [5.74, 6) is 0. The van der Waals surface area contributed by atoms with Crippen LogP contribution in [0.15, 0.2) is 65.2 Å². The van der Waals surface area contributed by atoms with Crippen molar-refractivity contribution < 1.29 is 0 Å². The number of fused-ring (bicyclic) bond motifs is 2. The largest absolute Gasteiger partial charge is 0.294 e. The molecule has 0 saturated carbocycles. The lowest BCUT2D eigenvalue weighted by Gasteiger charge is -2.16. The molecule has 2 atom stereocenters. The first-order valence-corrected chi connectivity index (χ1v) is 10.9. The van der Waals surface area contributed by atoms with Crippen LogP contribution in [0, 0.1) is 0 Å². The first-order chi connectivity index (χ1) is 15.9. The van der Waals surface area contributed by atoms with E-state index in [1.165, 1.54) is 12.7 Å². The van der Waals surface area contributed by atoms with Crippen LogP contribution in [0.2, 0.25) is 5.02 Å². The van der Waals surface area contributed by atoms with Gasteiger partial charge in [0.15, 0.2) is 0 Å². The Morgan fingerprint density at radius 2 is 1.45 bits per heavy atom. The Kier molecular flexibility index (Phi) is 5.29. The summed E-state index contributed by atoms with van der Waals surface area (Å²) in [6.45, 7) is 4.84. The molecule has 5 rings (SSSR count). The predicted octanol–water partition coefficient (Wildman–Crippen LogP) is 2.68. The monoisotopic (exact) mass is 464 g/mol. The van der Waals surface area contributed by atoms with Crippen molar-refractivity contribution in [2.45, 2.75) is 39.0 Å². The number of nitrogens with zero attached hydrogens (tertiary/aromatic N) is 8. The predicted molar refractivity (Wildman–Crippen MR) is 124 cm³/mol. The van der Waals surface area contributed by atoms with Crippen molar-refractivity contribution in [2.75, 3.05) is 0 Å². The van der Waals surface area contributed by atoms with E-state index < -0.39 is 0 Å². The van der Waals surface area contributed by atoms with Crippen LogP contribution in [-0.4, -0.2) is 38.7 Å². The van der Waals surface area contributed by atoms with E-state index in [1.54, 1.807) is 49.2 Å². The second kappa shape index (κ2) is 8.28. The van der Waals surface area contributed by atoms with Crippen molar-refractivity contribution in [3.8, 4) is 0 Å². The Balaban J connectivity index is 1.52. The summed E-state index contributed by atoms with van der Waals surface area (Å²) >= 11 is 5.93. The third-order valence-corrected chi connectivity index (χ3v) is 5.89. The van der Waals surface area contributed by atoms with Crippen molar-refractivity contribution in [1.29, 1.82) is 0 Å². The van der Waals surface area contributed by atoms with Gasteiger partial charge in [-0.2, -0.15) is 10.2 Å². The number of hydrogen-bond acceptors (Lipinski definition) is 6. The minimum atomic E-state index is -0.204. The molecular formula is C22H21ClN8O2. The second-order valence-corrected chi connectivity index (χ2v) is 8.54. The molecule has 1 aromatic carbocycles. The van der Waals surface area contributed by atoms with Crippen LogP contribution in [-0.2, 0) is 13.1 Å². The molecular weight excluding hydrogens is 444 g/mol. The SMILES string of the molecule is CC(Cn1cccn1)n1cnc2cc3c(=O)n(C(C)Cn4cc(Cl)cn4)cnc3cc2c1=O. The van der Waals surface area contributed by atoms with Crippen molar-refractivity contribution in [3.05, 3.63) is 81.4 Å². The molecule has 0 aliphatic heterocycles. The fourth-order valence-electron chi connectivity index (χ4n) is 3.96. The lowest BCUT2D eigenvalue weighted by molar-refractivity contribution is 0.425. The van der Waals surface area contributed by atoms with Crippen LogP contribution < -0.4 is 11.1 Å². The maximum absolute atomic E-state index is 13.2. The molecule has 10 nitrogen and oxygen atoms in total. The molecule has 11 heteroatoms. The van der Waals surface area contributed by atoms with E-state index in [1.807, 2.05) is 26.1 Å². The van der Waals surface area contributed by atoms with E-state index in [4.69, 9.17) is 11.6 Å². The lowest BCUT2D eigenvalue weighted by atomic mass is 10.1.